The molecule has 2 heterocycles. The normalized spacial score (nSPS) is 10.6. The average molecular weight is 365 g/mol. The minimum absolute atomic E-state index is 0.0358. The highest BCUT2D eigenvalue weighted by molar-refractivity contribution is 6.32. The van der Waals surface area contributed by atoms with Crippen LogP contribution < -0.4 is 10.1 Å². The van der Waals surface area contributed by atoms with Crippen LogP contribution in [0.5, 0.6) is 5.75 Å². The van der Waals surface area contributed by atoms with Gasteiger partial charge in [-0.25, -0.2) is 9.37 Å². The van der Waals surface area contributed by atoms with Crippen LogP contribution in [0.1, 0.15) is 16.4 Å². The van der Waals surface area contributed by atoms with Gasteiger partial charge in [0.05, 0.1) is 11.6 Å². The highest BCUT2D eigenvalue weighted by atomic mass is 35.5. The van der Waals surface area contributed by atoms with Crippen molar-refractivity contribution in [2.75, 3.05) is 6.54 Å². The molecule has 0 saturated heterocycles. The molecule has 0 spiro atoms. The number of nitrogens with zero attached hydrogens (tertiary/aromatic N) is 3. The van der Waals surface area contributed by atoms with Crippen LogP contribution in [-0.4, -0.2) is 27.2 Å². The third kappa shape index (κ3) is 4.57. The molecule has 3 aromatic rings. The van der Waals surface area contributed by atoms with Gasteiger partial charge in [0.2, 0.25) is 5.89 Å². The van der Waals surface area contributed by atoms with Gasteiger partial charge in [-0.1, -0.05) is 11.6 Å². The van der Waals surface area contributed by atoms with Gasteiger partial charge in [0, 0.05) is 18.9 Å². The molecule has 1 N–H and O–H groups in total. The number of carbonyl (C=O) groups is 1. The van der Waals surface area contributed by atoms with Crippen molar-refractivity contribution in [1.82, 2.24) is 20.1 Å². The van der Waals surface area contributed by atoms with Gasteiger partial charge in [-0.3, -0.25) is 9.48 Å². The second-order valence-electron chi connectivity index (χ2n) is 5.01. The van der Waals surface area contributed by atoms with Crippen molar-refractivity contribution in [3.05, 3.63) is 65.3 Å². The van der Waals surface area contributed by atoms with Crippen molar-refractivity contribution >= 4 is 17.5 Å². The molecule has 2 aromatic heterocycles. The van der Waals surface area contributed by atoms with Crippen LogP contribution in [0.2, 0.25) is 5.02 Å². The van der Waals surface area contributed by atoms with Crippen LogP contribution in [-0.2, 0) is 13.2 Å². The molecule has 9 heteroatoms. The van der Waals surface area contributed by atoms with Gasteiger partial charge in [0.25, 0.3) is 5.91 Å². The Morgan fingerprint density at radius 2 is 2.32 bits per heavy atom. The van der Waals surface area contributed by atoms with Crippen LogP contribution in [0.3, 0.4) is 0 Å². The average Bonchev–Trinajstić information content (AvgIpc) is 3.25. The van der Waals surface area contributed by atoms with E-state index in [4.69, 9.17) is 20.8 Å². The third-order valence-electron chi connectivity index (χ3n) is 3.22. The minimum atomic E-state index is -0.456. The molecule has 0 fully saturated rings. The molecule has 0 aliphatic carbocycles. The standard InChI is InChI=1S/C16H14ClFN4O3/c17-12-8-11(18)2-3-14(12)24-10-15-21-13(9-25-15)16(23)19-5-7-22-6-1-4-20-22/h1-4,6,8-9H,5,7,10H2,(H,19,23). The van der Waals surface area contributed by atoms with Gasteiger partial charge in [0.15, 0.2) is 12.3 Å². The molecule has 0 atom stereocenters. The molecule has 0 unspecified atom stereocenters. The van der Waals surface area contributed by atoms with E-state index in [1.54, 1.807) is 23.1 Å². The highest BCUT2D eigenvalue weighted by Crippen LogP contribution is 2.25. The number of benzene rings is 1. The van der Waals surface area contributed by atoms with Gasteiger partial charge in [0.1, 0.15) is 17.8 Å². The lowest BCUT2D eigenvalue weighted by atomic mass is 10.3. The van der Waals surface area contributed by atoms with E-state index in [9.17, 15) is 9.18 Å². The summed E-state index contributed by atoms with van der Waals surface area (Å²) in [6.07, 6.45) is 4.71. The lowest BCUT2D eigenvalue weighted by molar-refractivity contribution is 0.0947. The van der Waals surface area contributed by atoms with Gasteiger partial charge in [-0.2, -0.15) is 5.10 Å². The molecule has 1 aromatic carbocycles. The van der Waals surface area contributed by atoms with Gasteiger partial charge >= 0.3 is 0 Å². The molecule has 0 aliphatic heterocycles. The Labute approximate surface area is 147 Å². The summed E-state index contributed by atoms with van der Waals surface area (Å²) >= 11 is 5.86. The Bertz CT molecular complexity index is 851. The van der Waals surface area contributed by atoms with Crippen LogP contribution in [0.4, 0.5) is 4.39 Å². The quantitative estimate of drug-likeness (QED) is 0.697. The molecule has 7 nitrogen and oxygen atoms in total. The number of amides is 1. The van der Waals surface area contributed by atoms with E-state index in [0.29, 0.717) is 18.8 Å². The lowest BCUT2D eigenvalue weighted by Crippen LogP contribution is -2.27. The second-order valence-corrected chi connectivity index (χ2v) is 5.42. The van der Waals surface area contributed by atoms with Gasteiger partial charge < -0.3 is 14.5 Å². The fourth-order valence-corrected chi connectivity index (χ4v) is 2.24. The summed E-state index contributed by atoms with van der Waals surface area (Å²) in [5.74, 6) is -0.311. The molecule has 0 bridgehead atoms. The van der Waals surface area contributed by atoms with Crippen molar-refractivity contribution in [2.24, 2.45) is 0 Å². The molecular weight excluding hydrogens is 351 g/mol. The Morgan fingerprint density at radius 3 is 3.08 bits per heavy atom. The first kappa shape index (κ1) is 17.0. The number of oxazole rings is 1. The molecule has 0 aliphatic rings. The molecule has 1 amide bonds. The number of aromatic nitrogens is 3. The number of halogens is 2. The van der Waals surface area contributed by atoms with Crippen LogP contribution in [0.25, 0.3) is 0 Å². The summed E-state index contributed by atoms with van der Waals surface area (Å²) < 4.78 is 25.3. The minimum Gasteiger partial charge on any atom is -0.482 e. The van der Waals surface area contributed by atoms with E-state index in [2.05, 4.69) is 15.4 Å². The number of hydrogen-bond acceptors (Lipinski definition) is 5. The Balaban J connectivity index is 1.50. The molecule has 0 radical (unpaired) electrons. The summed E-state index contributed by atoms with van der Waals surface area (Å²) in [5, 5.41) is 6.89. The zero-order chi connectivity index (χ0) is 17.6. The first-order valence-electron chi connectivity index (χ1n) is 7.40. The van der Waals surface area contributed by atoms with E-state index in [0.717, 1.165) is 6.07 Å². The predicted octanol–water partition coefficient (Wildman–Crippen LogP) is 2.67. The summed E-state index contributed by atoms with van der Waals surface area (Å²) in [4.78, 5) is 16.0. The maximum Gasteiger partial charge on any atom is 0.273 e. The molecule has 130 valence electrons. The molecular formula is C16H14ClFN4O3. The Kier molecular flexibility index (Phi) is 5.30. The first-order chi connectivity index (χ1) is 12.1. The number of rotatable bonds is 7. The van der Waals surface area contributed by atoms with Crippen LogP contribution in [0, 0.1) is 5.82 Å². The highest BCUT2D eigenvalue weighted by Gasteiger charge is 2.13. The molecule has 25 heavy (non-hydrogen) atoms. The van der Waals surface area contributed by atoms with Crippen molar-refractivity contribution < 1.29 is 18.3 Å². The zero-order valence-corrected chi connectivity index (χ0v) is 13.7. The number of nitrogens with one attached hydrogen (secondary N) is 1. The van der Waals surface area contributed by atoms with E-state index in [-0.39, 0.29) is 29.1 Å². The van der Waals surface area contributed by atoms with Crippen LogP contribution >= 0.6 is 11.6 Å². The zero-order valence-electron chi connectivity index (χ0n) is 13.0. The Hall–Kier alpha value is -2.87. The SMILES string of the molecule is O=C(NCCn1cccn1)c1coc(COc2ccc(F)cc2Cl)n1. The van der Waals surface area contributed by atoms with E-state index in [1.165, 1.54) is 18.4 Å². The van der Waals surface area contributed by atoms with Crippen molar-refractivity contribution in [2.45, 2.75) is 13.2 Å². The molecule has 3 rings (SSSR count). The van der Waals surface area contributed by atoms with Crippen LogP contribution in [0.15, 0.2) is 47.3 Å². The van der Waals surface area contributed by atoms with Crippen molar-refractivity contribution in [3.63, 3.8) is 0 Å². The Morgan fingerprint density at radius 1 is 1.44 bits per heavy atom. The number of ether oxygens (including phenoxy) is 1. The van der Waals surface area contributed by atoms with E-state index >= 15 is 0 Å². The van der Waals surface area contributed by atoms with Crippen molar-refractivity contribution in [3.8, 4) is 5.75 Å². The fraction of sp³-hybridized carbons (Fsp3) is 0.188. The number of hydrogen-bond donors (Lipinski definition) is 1. The van der Waals surface area contributed by atoms with Crippen molar-refractivity contribution in [1.29, 1.82) is 0 Å². The van der Waals surface area contributed by atoms with Gasteiger partial charge in [-0.05, 0) is 24.3 Å². The topological polar surface area (TPSA) is 82.2 Å². The monoisotopic (exact) mass is 364 g/mol. The lowest BCUT2D eigenvalue weighted by Gasteiger charge is -2.05. The van der Waals surface area contributed by atoms with Gasteiger partial charge in [-0.15, -0.1) is 0 Å². The third-order valence-corrected chi connectivity index (χ3v) is 3.51. The number of carbonyl (C=O) groups excluding carboxylic acids is 1. The molecule has 0 saturated carbocycles. The predicted molar refractivity (Wildman–Crippen MR) is 86.8 cm³/mol. The summed E-state index contributed by atoms with van der Waals surface area (Å²) in [6, 6.07) is 5.59. The summed E-state index contributed by atoms with van der Waals surface area (Å²) in [5.41, 5.74) is 0.143. The second kappa shape index (κ2) is 7.80. The summed E-state index contributed by atoms with van der Waals surface area (Å²) in [6.45, 7) is 0.923. The largest absolute Gasteiger partial charge is 0.482 e. The smallest absolute Gasteiger partial charge is 0.273 e. The maximum atomic E-state index is 13.0. The summed E-state index contributed by atoms with van der Waals surface area (Å²) in [7, 11) is 0. The fourth-order valence-electron chi connectivity index (χ4n) is 2.02. The van der Waals surface area contributed by atoms with E-state index < -0.39 is 5.82 Å². The van der Waals surface area contributed by atoms with E-state index in [1.807, 2.05) is 0 Å². The maximum absolute atomic E-state index is 13.0. The first-order valence-corrected chi connectivity index (χ1v) is 7.77.